The maximum atomic E-state index is 11.7. The quantitative estimate of drug-likeness (QED) is 0.641. The summed E-state index contributed by atoms with van der Waals surface area (Å²) >= 11 is 0. The molecule has 0 bridgehead atoms. The van der Waals surface area contributed by atoms with Crippen LogP contribution in [0, 0.1) is 0 Å². The van der Waals surface area contributed by atoms with Crippen LogP contribution in [0.3, 0.4) is 0 Å². The lowest BCUT2D eigenvalue weighted by Crippen LogP contribution is -2.08. The molecule has 0 aliphatic heterocycles. The zero-order valence-electron chi connectivity index (χ0n) is 14.4. The van der Waals surface area contributed by atoms with Crippen LogP contribution in [0.15, 0.2) is 36.4 Å². The highest BCUT2D eigenvalue weighted by Gasteiger charge is 2.17. The number of esters is 2. The molecular weight excluding hydrogens is 324 g/mol. The number of carbonyl (C=O) groups excluding carboxylic acids is 2. The van der Waals surface area contributed by atoms with Crippen molar-refractivity contribution < 1.29 is 28.9 Å². The number of phenolic OH excluding ortho intramolecular Hbond substituents is 1. The summed E-state index contributed by atoms with van der Waals surface area (Å²) in [6.45, 7) is 1.26. The Morgan fingerprint density at radius 2 is 1.72 bits per heavy atom. The van der Waals surface area contributed by atoms with Crippen LogP contribution in [-0.4, -0.2) is 31.3 Å². The van der Waals surface area contributed by atoms with Crippen LogP contribution in [0.1, 0.15) is 28.4 Å². The smallest absolute Gasteiger partial charge is 0.338 e. The standard InChI is InChI=1S/C19H20O6/c1-12(20)25-18-11-14(19(22)24-3)10-17(21)16(18)9-6-13-4-7-15(23-2)8-5-13/h4-5,7-8,10-11,21H,6,9H2,1-3H3. The van der Waals surface area contributed by atoms with E-state index in [2.05, 4.69) is 4.74 Å². The van der Waals surface area contributed by atoms with E-state index in [0.717, 1.165) is 11.3 Å². The Balaban J connectivity index is 2.27. The van der Waals surface area contributed by atoms with Gasteiger partial charge in [-0.15, -0.1) is 0 Å². The molecular formula is C19H20O6. The first-order chi connectivity index (χ1) is 11.9. The molecule has 0 fully saturated rings. The second kappa shape index (κ2) is 8.19. The lowest BCUT2D eigenvalue weighted by molar-refractivity contribution is -0.131. The maximum absolute atomic E-state index is 11.7. The van der Waals surface area contributed by atoms with Crippen molar-refractivity contribution in [1.82, 2.24) is 0 Å². The predicted molar refractivity (Wildman–Crippen MR) is 91.2 cm³/mol. The van der Waals surface area contributed by atoms with Crippen molar-refractivity contribution in [2.24, 2.45) is 0 Å². The number of benzene rings is 2. The Morgan fingerprint density at radius 1 is 1.04 bits per heavy atom. The lowest BCUT2D eigenvalue weighted by atomic mass is 10.0. The maximum Gasteiger partial charge on any atom is 0.338 e. The molecule has 2 rings (SSSR count). The van der Waals surface area contributed by atoms with Crippen molar-refractivity contribution in [3.8, 4) is 17.2 Å². The van der Waals surface area contributed by atoms with Gasteiger partial charge in [0.15, 0.2) is 0 Å². The fraction of sp³-hybridized carbons (Fsp3) is 0.263. The number of carbonyl (C=O) groups is 2. The highest BCUT2D eigenvalue weighted by Crippen LogP contribution is 2.32. The molecule has 6 nitrogen and oxygen atoms in total. The topological polar surface area (TPSA) is 82.1 Å². The average molecular weight is 344 g/mol. The van der Waals surface area contributed by atoms with Gasteiger partial charge in [-0.2, -0.15) is 0 Å². The van der Waals surface area contributed by atoms with Gasteiger partial charge in [-0.3, -0.25) is 4.79 Å². The number of ether oxygens (including phenoxy) is 3. The van der Waals surface area contributed by atoms with Gasteiger partial charge in [-0.25, -0.2) is 4.79 Å². The predicted octanol–water partition coefficient (Wildman–Crippen LogP) is 2.90. The molecule has 2 aromatic rings. The number of hydrogen-bond donors (Lipinski definition) is 1. The van der Waals surface area contributed by atoms with Crippen molar-refractivity contribution in [2.45, 2.75) is 19.8 Å². The van der Waals surface area contributed by atoms with E-state index in [1.54, 1.807) is 7.11 Å². The minimum Gasteiger partial charge on any atom is -0.508 e. The van der Waals surface area contributed by atoms with Gasteiger partial charge in [-0.1, -0.05) is 12.1 Å². The Kier molecular flexibility index (Phi) is 6.00. The van der Waals surface area contributed by atoms with Gasteiger partial charge in [0, 0.05) is 12.5 Å². The first-order valence-corrected chi connectivity index (χ1v) is 7.70. The second-order valence-electron chi connectivity index (χ2n) is 5.41. The summed E-state index contributed by atoms with van der Waals surface area (Å²) in [7, 11) is 2.84. The molecule has 25 heavy (non-hydrogen) atoms. The van der Waals surface area contributed by atoms with Crippen molar-refractivity contribution in [2.75, 3.05) is 14.2 Å². The Hall–Kier alpha value is -3.02. The van der Waals surface area contributed by atoms with E-state index >= 15 is 0 Å². The Labute approximate surface area is 146 Å². The fourth-order valence-corrected chi connectivity index (χ4v) is 2.43. The largest absolute Gasteiger partial charge is 0.508 e. The Bertz CT molecular complexity index is 764. The summed E-state index contributed by atoms with van der Waals surface area (Å²) in [6.07, 6.45) is 1.05. The molecule has 0 saturated heterocycles. The van der Waals surface area contributed by atoms with Crippen LogP contribution >= 0.6 is 0 Å². The number of aromatic hydroxyl groups is 1. The van der Waals surface area contributed by atoms with Gasteiger partial charge in [-0.05, 0) is 42.7 Å². The molecule has 0 spiro atoms. The van der Waals surface area contributed by atoms with E-state index in [9.17, 15) is 14.7 Å². The molecule has 0 atom stereocenters. The summed E-state index contributed by atoms with van der Waals surface area (Å²) in [5.41, 5.74) is 1.61. The molecule has 0 amide bonds. The van der Waals surface area contributed by atoms with Crippen molar-refractivity contribution >= 4 is 11.9 Å². The van der Waals surface area contributed by atoms with Crippen LogP contribution in [0.25, 0.3) is 0 Å². The van der Waals surface area contributed by atoms with Crippen molar-refractivity contribution in [1.29, 1.82) is 0 Å². The highest BCUT2D eigenvalue weighted by molar-refractivity contribution is 5.91. The molecule has 0 unspecified atom stereocenters. The van der Waals surface area contributed by atoms with E-state index in [1.165, 1.54) is 26.2 Å². The number of phenols is 1. The lowest BCUT2D eigenvalue weighted by Gasteiger charge is -2.13. The highest BCUT2D eigenvalue weighted by atomic mass is 16.5. The number of aryl methyl sites for hydroxylation is 1. The number of hydrogen-bond acceptors (Lipinski definition) is 6. The molecule has 0 saturated carbocycles. The van der Waals surface area contributed by atoms with E-state index in [4.69, 9.17) is 9.47 Å². The number of rotatable bonds is 6. The zero-order chi connectivity index (χ0) is 18.4. The van der Waals surface area contributed by atoms with Crippen molar-refractivity contribution in [3.05, 3.63) is 53.1 Å². The van der Waals surface area contributed by atoms with E-state index < -0.39 is 11.9 Å². The summed E-state index contributed by atoms with van der Waals surface area (Å²) < 4.78 is 14.9. The van der Waals surface area contributed by atoms with Gasteiger partial charge in [0.25, 0.3) is 0 Å². The molecule has 2 aromatic carbocycles. The van der Waals surface area contributed by atoms with Crippen LogP contribution in [0.4, 0.5) is 0 Å². The summed E-state index contributed by atoms with van der Waals surface area (Å²) in [4.78, 5) is 23.0. The summed E-state index contributed by atoms with van der Waals surface area (Å²) in [5, 5.41) is 10.3. The van der Waals surface area contributed by atoms with Crippen LogP contribution < -0.4 is 9.47 Å². The fourth-order valence-electron chi connectivity index (χ4n) is 2.43. The normalized spacial score (nSPS) is 10.2. The van der Waals surface area contributed by atoms with E-state index in [1.807, 2.05) is 24.3 Å². The molecule has 1 N–H and O–H groups in total. The third-order valence-electron chi connectivity index (χ3n) is 3.68. The first kappa shape index (κ1) is 18.3. The second-order valence-corrected chi connectivity index (χ2v) is 5.41. The zero-order valence-corrected chi connectivity index (χ0v) is 14.4. The minimum absolute atomic E-state index is 0.115. The van der Waals surface area contributed by atoms with Gasteiger partial charge in [0.1, 0.15) is 17.2 Å². The molecule has 132 valence electrons. The SMILES string of the molecule is COC(=O)c1cc(O)c(CCc2ccc(OC)cc2)c(OC(C)=O)c1. The third kappa shape index (κ3) is 4.73. The van der Waals surface area contributed by atoms with Gasteiger partial charge < -0.3 is 19.3 Å². The first-order valence-electron chi connectivity index (χ1n) is 7.70. The van der Waals surface area contributed by atoms with E-state index in [0.29, 0.717) is 18.4 Å². The van der Waals surface area contributed by atoms with Crippen LogP contribution in [0.2, 0.25) is 0 Å². The summed E-state index contributed by atoms with van der Waals surface area (Å²) in [6, 6.07) is 10.2. The molecule has 6 heteroatoms. The third-order valence-corrected chi connectivity index (χ3v) is 3.68. The molecule has 0 aliphatic rings. The van der Waals surface area contributed by atoms with E-state index in [-0.39, 0.29) is 17.1 Å². The molecule has 0 radical (unpaired) electrons. The van der Waals surface area contributed by atoms with Crippen LogP contribution in [-0.2, 0) is 22.4 Å². The van der Waals surface area contributed by atoms with Crippen LogP contribution in [0.5, 0.6) is 17.2 Å². The van der Waals surface area contributed by atoms with Gasteiger partial charge in [0.2, 0.25) is 0 Å². The molecule has 0 aliphatic carbocycles. The van der Waals surface area contributed by atoms with Gasteiger partial charge >= 0.3 is 11.9 Å². The monoisotopic (exact) mass is 344 g/mol. The number of methoxy groups -OCH3 is 2. The average Bonchev–Trinajstić information content (AvgIpc) is 2.60. The summed E-state index contributed by atoms with van der Waals surface area (Å²) in [5.74, 6) is -0.360. The van der Waals surface area contributed by atoms with Gasteiger partial charge in [0.05, 0.1) is 19.8 Å². The Morgan fingerprint density at radius 3 is 2.28 bits per heavy atom. The van der Waals surface area contributed by atoms with Crippen molar-refractivity contribution in [3.63, 3.8) is 0 Å². The molecule has 0 aromatic heterocycles. The minimum atomic E-state index is -0.620. The molecule has 0 heterocycles.